The third-order valence-corrected chi connectivity index (χ3v) is 17.8. The normalized spacial score (nSPS) is 11.2. The number of Topliss-reactive ketones (excluding diaryl/α,β-unsaturated/α-hetero) is 3. The average molecular weight is 3420 g/mol. The average Bonchev–Trinajstić information content (AvgIpc) is 1.22. The van der Waals surface area contributed by atoms with Crippen molar-refractivity contribution in [1.82, 2.24) is 9.80 Å². The minimum absolute atomic E-state index is 0. The van der Waals surface area contributed by atoms with E-state index >= 15 is 0 Å². The molecule has 2 aliphatic heterocycles. The Morgan fingerprint density at radius 3 is 0.838 bits per heavy atom. The number of hydrogen-bond donors (Lipinski definition) is 0. The Kier molecular flexibility index (Phi) is 305. The Labute approximate surface area is 1310 Å². The number of carbonyl (C=O) groups is 13. The van der Waals surface area contributed by atoms with Gasteiger partial charge >= 0.3 is 98.1 Å². The number of nitrogens with zero attached hydrogens (tertiary/aromatic N) is 2. The molecule has 0 aromatic carbocycles. The Morgan fingerprint density at radius 2 is 0.654 bits per heavy atom. The summed E-state index contributed by atoms with van der Waals surface area (Å²) in [6, 6.07) is 0. The fourth-order valence-electron chi connectivity index (χ4n) is 6.67. The number of imide groups is 2. The van der Waals surface area contributed by atoms with Gasteiger partial charge in [-0.05, 0) is 96.7 Å². The van der Waals surface area contributed by atoms with E-state index in [2.05, 4.69) is 47.1 Å². The van der Waals surface area contributed by atoms with E-state index in [1.54, 1.807) is 159 Å². The van der Waals surface area contributed by atoms with Crippen molar-refractivity contribution in [2.75, 3.05) is 13.1 Å². The van der Waals surface area contributed by atoms with E-state index in [4.69, 9.17) is 17.6 Å². The van der Waals surface area contributed by atoms with Crippen molar-refractivity contribution in [1.29, 1.82) is 0 Å². The zero-order chi connectivity index (χ0) is 88.0. The number of allylic oxidation sites excluding steroid dienone is 14. The van der Waals surface area contributed by atoms with Gasteiger partial charge in [-0.25, -0.2) is 35.6 Å². The van der Waals surface area contributed by atoms with Crippen LogP contribution in [-0.4, -0.2) is 145 Å². The van der Waals surface area contributed by atoms with Crippen LogP contribution in [0.25, 0.3) is 0 Å². The van der Waals surface area contributed by atoms with Gasteiger partial charge in [-0.15, -0.1) is 39.0 Å². The summed E-state index contributed by atoms with van der Waals surface area (Å²) in [7, 11) is -7.01. The van der Waals surface area contributed by atoms with Crippen LogP contribution in [0.3, 0.4) is 0 Å². The smallest absolute Gasteiger partial charge is 0.542 e. The van der Waals surface area contributed by atoms with Gasteiger partial charge in [-0.3, -0.25) is 64.0 Å². The third-order valence-electron chi connectivity index (χ3n) is 13.5. The Hall–Kier alpha value is 13.0. The fraction of sp³-hybridized carbons (Fsp3) is 0.412. The fourth-order valence-corrected chi connectivity index (χ4v) is 9.92. The second kappa shape index (κ2) is 170. The molecular weight excluding hydrogens is 3300 g/mol. The van der Waals surface area contributed by atoms with Crippen molar-refractivity contribution in [2.45, 2.75) is 181 Å². The summed E-state index contributed by atoms with van der Waals surface area (Å²) in [5, 5.41) is 0.174. The SMILES string of the molecule is C#CC(=O)C(C)[C@H](C)C(=O)C#C.C/C=C/C(=O)C(C)[C@H](C)C(=O)/C=C/C.C/C=C/C(=O)[CH-]CC.C/C=C/S(=O)(=O)C(C)[C@H](C)S(=O)(=O)/C=C/C.C/C=C/[C-]=O.C=CC(=O)C(C)[C@H](C)C(=O)C=C.C=CC(=O)[CH-]CC.C=C[C-]=O.CC[CH-]C(=O)CCN1C(=O)C=CC1=O.O=[C-]CCN1C(=O)C=CC1=O.[CH2-]C.[CH2-]C.[CH2-]C.[Y+3].[Y+3].[Y+3].[Y].[Y].[Y].[Y].[Y].[Y].[Y].[Y].[Y].[Y].[Y].[Y].[Y].[Y].[Y].[Y].[Y].[Y]. The molecule has 4 unspecified atom stereocenters. The van der Waals surface area contributed by atoms with Crippen LogP contribution < -0.4 is 0 Å². The van der Waals surface area contributed by atoms with Crippen molar-refractivity contribution >= 4 is 114 Å². The first-order chi connectivity index (χ1) is 51.2. The topological polar surface area (TPSA) is 348 Å². The molecule has 0 fully saturated rings. The summed E-state index contributed by atoms with van der Waals surface area (Å²) in [6.45, 7) is 57.5. The molecule has 18 radical (unpaired) electrons. The number of carbonyl (C=O) groups excluding carboxylic acids is 16. The zero-order valence-electron chi connectivity index (χ0n) is 80.0. The van der Waals surface area contributed by atoms with E-state index in [0.717, 1.165) is 39.5 Å². The molecule has 0 bridgehead atoms. The molecule has 0 aliphatic carbocycles. The van der Waals surface area contributed by atoms with Crippen molar-refractivity contribution in [2.24, 2.45) is 35.5 Å². The number of sulfone groups is 2. The van der Waals surface area contributed by atoms with Crippen molar-refractivity contribution in [3.63, 3.8) is 0 Å². The predicted molar refractivity (Wildman–Crippen MR) is 439 cm³/mol. The van der Waals surface area contributed by atoms with Crippen LogP contribution in [0, 0.1) is 100 Å². The van der Waals surface area contributed by atoms with Gasteiger partial charge in [-0.1, -0.05) is 107 Å². The van der Waals surface area contributed by atoms with Gasteiger partial charge in [0.05, 0.1) is 10.5 Å². The molecular formula is C85H121N2O20S2Y21. The number of rotatable bonds is 34. The molecule has 0 saturated carbocycles. The molecule has 8 atom stereocenters. The molecule has 4 amide bonds. The van der Waals surface area contributed by atoms with Crippen LogP contribution in [0.1, 0.15) is 171 Å². The molecule has 0 N–H and O–H groups in total. The van der Waals surface area contributed by atoms with Crippen LogP contribution in [0.2, 0.25) is 0 Å². The number of hydrogen-bond acceptors (Lipinski definition) is 20. The second-order valence-corrected chi connectivity index (χ2v) is 25.4. The molecule has 130 heavy (non-hydrogen) atoms. The van der Waals surface area contributed by atoms with Gasteiger partial charge < -0.3 is 56.0 Å². The molecule has 0 saturated heterocycles. The van der Waals surface area contributed by atoms with E-state index in [9.17, 15) is 88.8 Å². The number of amides is 4. The minimum atomic E-state index is -3.50. The second-order valence-electron chi connectivity index (χ2n) is 21.0. The van der Waals surface area contributed by atoms with Gasteiger partial charge in [0.2, 0.25) is 11.6 Å². The summed E-state index contributed by atoms with van der Waals surface area (Å²) in [6.07, 6.45) is 47.0. The van der Waals surface area contributed by atoms with E-state index < -0.39 is 42.0 Å². The van der Waals surface area contributed by atoms with Crippen molar-refractivity contribution in [3.05, 3.63) is 187 Å². The third kappa shape index (κ3) is 143. The van der Waals surface area contributed by atoms with Crippen LogP contribution >= 0.6 is 0 Å². The van der Waals surface area contributed by atoms with Crippen molar-refractivity contribution < 1.29 is 780 Å². The van der Waals surface area contributed by atoms with Gasteiger partial charge in [0.25, 0.3) is 23.6 Å². The van der Waals surface area contributed by atoms with Gasteiger partial charge in [-0.2, -0.15) is 70.9 Å². The summed E-state index contributed by atoms with van der Waals surface area (Å²) in [5.74, 6) is -0.350. The first-order valence-electron chi connectivity index (χ1n) is 34.4. The van der Waals surface area contributed by atoms with Gasteiger partial charge in [0.15, 0.2) is 42.8 Å². The van der Waals surface area contributed by atoms with Gasteiger partial charge in [0, 0.05) is 690 Å². The first-order valence-corrected chi connectivity index (χ1v) is 37.7. The van der Waals surface area contributed by atoms with Crippen LogP contribution in [0.15, 0.2) is 147 Å². The molecule has 0 aromatic rings. The molecule has 2 rings (SSSR count). The molecule has 2 aliphatic rings. The standard InChI is InChI=1S/C12H18O2.C10H12NO3.C10H18O4S2.C10H14O2.C10H10O2.C7H6NO3.C7H11O.C6H9O.C4H5O.C3H3O.3C2H5.21Y/c1-5-7-11(13)9(3)10(4)12(14)8-6-2;1-2-3-8(12)6-7-11-9(13)4-5-10(11)14;1-5-7-15(11,12)9(3)10(4)16(13,14)8-6-2;2*1-5-9(11)7(3)8(4)10(12)6-2;9-5-1-4-8-6(10)2-3-7(8)11;1-3-5-7(8)6-4-2;1-3-5-6(7)4-2;1-2-3-4-5;1-2-3-4;3*1-2;;;;;;;;;;;;;;;;;;;;;/h5-10H,1-4H3;3-5H,2,6-7H2,1H3;5-10H,1-4H3;5-8H,1-2H2,3-4H3;1-2,7-8H,3-4H3;2-3H,1,4H2;3,5-6H,4H2,1-2H3;4-5H,2-3H2,1H3;2-3H,1H3;2H,1H2;3*1H2,2H3;;;;;;;;;;;;;;;;;;;;;/q;-1;;;;8*-1;;;;;;;;;;;;;;;;;;;3*+3/b7-5+,8-6+;;7-5+,8-6+;;;;5-3+;;3-2+;;;;;;;;;;;;;;;;;;;;;;;;;/t9-,10?;;9-,10?;2*7-,8?;;;;;;;;;;;;;;;;;;;;;;;;;;;;;/m0.000............................./s1. The summed E-state index contributed by atoms with van der Waals surface area (Å²) in [5.41, 5.74) is 0. The maximum Gasteiger partial charge on any atom is 3.00 e. The first kappa shape index (κ1) is 234. The molecule has 0 spiro atoms. The monoisotopic (exact) mass is 3420 g/mol. The molecule has 45 heteroatoms. The van der Waals surface area contributed by atoms with Crippen molar-refractivity contribution in [3.8, 4) is 24.7 Å². The van der Waals surface area contributed by atoms with E-state index in [0.29, 0.717) is 6.42 Å². The molecule has 666 valence electrons. The quantitative estimate of drug-likeness (QED) is 0.0190. The molecule has 2 heterocycles. The van der Waals surface area contributed by atoms with Crippen LogP contribution in [0.5, 0.6) is 0 Å². The number of ketones is 9. The molecule has 0 aromatic heterocycles. The Balaban J connectivity index is -0.0000000271. The maximum absolute atomic E-state index is 11.6. The van der Waals surface area contributed by atoms with E-state index in [1.165, 1.54) is 93.0 Å². The zero-order valence-corrected chi connectivity index (χ0v) is 141. The summed E-state index contributed by atoms with van der Waals surface area (Å²) < 4.78 is 46.6. The largest absolute Gasteiger partial charge is 3.00 e. The maximum atomic E-state index is 11.6. The predicted octanol–water partition coefficient (Wildman–Crippen LogP) is 13.1. The van der Waals surface area contributed by atoms with Crippen LogP contribution in [-0.2, 0) is 783 Å². The van der Waals surface area contributed by atoms with E-state index in [-0.39, 0.29) is 812 Å². The Bertz CT molecular complexity index is 3290. The summed E-state index contributed by atoms with van der Waals surface area (Å²) in [4.78, 5) is 172. The van der Waals surface area contributed by atoms with Crippen LogP contribution in [0.4, 0.5) is 0 Å². The minimum Gasteiger partial charge on any atom is -0.542 e. The number of terminal acetylenes is 2. The van der Waals surface area contributed by atoms with Gasteiger partial charge in [0.1, 0.15) is 0 Å². The Morgan fingerprint density at radius 1 is 0.400 bits per heavy atom. The summed E-state index contributed by atoms with van der Waals surface area (Å²) >= 11 is 0. The molecule has 22 nitrogen and oxygen atoms in total. The van der Waals surface area contributed by atoms with E-state index in [1.807, 2.05) is 39.5 Å².